The highest BCUT2D eigenvalue weighted by molar-refractivity contribution is 8.15. The molecule has 5 nitrogen and oxygen atoms in total. The Labute approximate surface area is 172 Å². The summed E-state index contributed by atoms with van der Waals surface area (Å²) in [4.78, 5) is 12.0. The summed E-state index contributed by atoms with van der Waals surface area (Å²) in [5.41, 5.74) is 6.48. The molecular weight excluding hydrogens is 396 g/mol. The molecule has 2 atom stereocenters. The fourth-order valence-electron chi connectivity index (χ4n) is 3.23. The molecule has 2 aromatic rings. The third-order valence-corrected chi connectivity index (χ3v) is 6.23. The van der Waals surface area contributed by atoms with Gasteiger partial charge in [-0.15, -0.1) is 0 Å². The molecule has 0 aliphatic carbocycles. The number of rotatable bonds is 7. The van der Waals surface area contributed by atoms with Gasteiger partial charge in [0.05, 0.1) is 0 Å². The van der Waals surface area contributed by atoms with Gasteiger partial charge in [-0.1, -0.05) is 49.0 Å². The van der Waals surface area contributed by atoms with Crippen molar-refractivity contribution in [3.63, 3.8) is 0 Å². The van der Waals surface area contributed by atoms with Gasteiger partial charge in [0.2, 0.25) is 0 Å². The number of carbonyl (C=O) groups excluding carboxylic acids is 1. The average Bonchev–Trinajstić information content (AvgIpc) is 3.14. The number of aliphatic hydroxyl groups is 1. The summed E-state index contributed by atoms with van der Waals surface area (Å²) in [6, 6.07) is 12.3. The fourth-order valence-corrected chi connectivity index (χ4v) is 4.66. The van der Waals surface area contributed by atoms with Crippen LogP contribution in [0.1, 0.15) is 37.3 Å². The van der Waals surface area contributed by atoms with Crippen LogP contribution >= 0.6 is 11.8 Å². The molecule has 3 rings (SSSR count). The molecular formula is C21H23F2N3O2S. The van der Waals surface area contributed by atoms with Crippen molar-refractivity contribution in [1.82, 2.24) is 5.01 Å². The Balaban J connectivity index is 2.15. The van der Waals surface area contributed by atoms with Gasteiger partial charge in [-0.25, -0.2) is 13.8 Å². The number of halogens is 2. The number of nitrogens with zero attached hydrogens (tertiary/aromatic N) is 2. The summed E-state index contributed by atoms with van der Waals surface area (Å²) in [7, 11) is 0. The van der Waals surface area contributed by atoms with Crippen LogP contribution in [0.2, 0.25) is 0 Å². The van der Waals surface area contributed by atoms with E-state index in [-0.39, 0.29) is 17.0 Å². The zero-order valence-electron chi connectivity index (χ0n) is 16.0. The fraction of sp³-hybridized carbons (Fsp3) is 0.333. The Bertz CT molecular complexity index is 910. The van der Waals surface area contributed by atoms with Crippen molar-refractivity contribution < 1.29 is 18.7 Å². The molecule has 0 saturated carbocycles. The second-order valence-corrected chi connectivity index (χ2v) is 8.01. The van der Waals surface area contributed by atoms with Crippen molar-refractivity contribution in [3.05, 3.63) is 71.3 Å². The molecule has 0 spiro atoms. The highest BCUT2D eigenvalue weighted by Crippen LogP contribution is 2.50. The van der Waals surface area contributed by atoms with Gasteiger partial charge in [0.25, 0.3) is 5.91 Å². The molecule has 0 saturated heterocycles. The maximum Gasteiger partial charge on any atom is 0.273 e. The minimum Gasteiger partial charge on any atom is -0.383 e. The summed E-state index contributed by atoms with van der Waals surface area (Å²) >= 11 is 1.17. The summed E-state index contributed by atoms with van der Waals surface area (Å²) in [5.74, 6) is -1.83. The lowest BCUT2D eigenvalue weighted by Crippen LogP contribution is -2.46. The molecule has 0 aromatic heterocycles. The van der Waals surface area contributed by atoms with Crippen molar-refractivity contribution in [1.29, 1.82) is 0 Å². The zero-order chi connectivity index (χ0) is 21.0. The quantitative estimate of drug-likeness (QED) is 0.719. The molecule has 1 heterocycles. The second kappa shape index (κ2) is 9.02. The van der Waals surface area contributed by atoms with Crippen LogP contribution in [-0.2, 0) is 9.67 Å². The lowest BCUT2D eigenvalue weighted by atomic mass is 9.99. The summed E-state index contributed by atoms with van der Waals surface area (Å²) in [5, 5.41) is 16.0. The Hall–Kier alpha value is -2.29. The van der Waals surface area contributed by atoms with Gasteiger partial charge < -0.3 is 10.8 Å². The van der Waals surface area contributed by atoms with Gasteiger partial charge in [0.15, 0.2) is 0 Å². The summed E-state index contributed by atoms with van der Waals surface area (Å²) in [6.45, 7) is 2.07. The number of nitrogens with two attached hydrogens (primary N) is 1. The number of hydrogen-bond donors (Lipinski definition) is 2. The Morgan fingerprint density at radius 3 is 2.66 bits per heavy atom. The first-order valence-electron chi connectivity index (χ1n) is 9.43. The monoisotopic (exact) mass is 419 g/mol. The number of hydrazone groups is 1. The van der Waals surface area contributed by atoms with Crippen LogP contribution in [0.4, 0.5) is 8.78 Å². The standard InChI is InChI=1S/C21H23F2N3O2S/c1-2-18(27)20(28)26-21(11-6-12-24,14-7-4-3-5-8-14)29-19(25-26)16-13-15(22)9-10-17(16)23/h3-5,7-10,13,18,27H,2,6,11-12,24H2,1H3. The van der Waals surface area contributed by atoms with Crippen molar-refractivity contribution >= 4 is 22.7 Å². The average molecular weight is 419 g/mol. The van der Waals surface area contributed by atoms with Crippen LogP contribution in [0.25, 0.3) is 0 Å². The van der Waals surface area contributed by atoms with E-state index < -0.39 is 28.5 Å². The van der Waals surface area contributed by atoms with E-state index in [9.17, 15) is 18.7 Å². The minimum absolute atomic E-state index is 0.0238. The number of hydrogen-bond acceptors (Lipinski definition) is 5. The number of carbonyl (C=O) groups is 1. The molecule has 2 aromatic carbocycles. The summed E-state index contributed by atoms with van der Waals surface area (Å²) < 4.78 is 28.2. The van der Waals surface area contributed by atoms with Crippen molar-refractivity contribution in [2.75, 3.05) is 6.54 Å². The largest absolute Gasteiger partial charge is 0.383 e. The molecule has 3 N–H and O–H groups in total. The minimum atomic E-state index is -1.25. The van der Waals surface area contributed by atoms with E-state index in [0.717, 1.165) is 23.8 Å². The molecule has 0 radical (unpaired) electrons. The second-order valence-electron chi connectivity index (χ2n) is 6.75. The molecule has 2 unspecified atom stereocenters. The number of amides is 1. The SMILES string of the molecule is CCC(O)C(=O)N1N=C(c2cc(F)ccc2F)SC1(CCCN)c1ccccc1. The van der Waals surface area contributed by atoms with Crippen molar-refractivity contribution in [2.45, 2.75) is 37.2 Å². The zero-order valence-corrected chi connectivity index (χ0v) is 16.8. The van der Waals surface area contributed by atoms with Gasteiger partial charge in [0.1, 0.15) is 27.7 Å². The van der Waals surface area contributed by atoms with E-state index in [0.29, 0.717) is 19.4 Å². The van der Waals surface area contributed by atoms with Gasteiger partial charge in [-0.05, 0) is 49.6 Å². The Morgan fingerprint density at radius 2 is 2.00 bits per heavy atom. The highest BCUT2D eigenvalue weighted by atomic mass is 32.2. The molecule has 1 aliphatic heterocycles. The van der Waals surface area contributed by atoms with Gasteiger partial charge >= 0.3 is 0 Å². The van der Waals surface area contributed by atoms with E-state index in [1.54, 1.807) is 6.92 Å². The number of thioether (sulfide) groups is 1. The third kappa shape index (κ3) is 4.19. The molecule has 154 valence electrons. The van der Waals surface area contributed by atoms with E-state index >= 15 is 0 Å². The smallest absolute Gasteiger partial charge is 0.273 e. The first kappa shape index (κ1) is 21.4. The van der Waals surface area contributed by atoms with Gasteiger partial charge in [-0.2, -0.15) is 5.10 Å². The molecule has 29 heavy (non-hydrogen) atoms. The Morgan fingerprint density at radius 1 is 1.28 bits per heavy atom. The van der Waals surface area contributed by atoms with Crippen LogP contribution in [0.15, 0.2) is 53.6 Å². The predicted octanol–water partition coefficient (Wildman–Crippen LogP) is 3.56. The van der Waals surface area contributed by atoms with E-state index in [2.05, 4.69) is 5.10 Å². The maximum absolute atomic E-state index is 14.4. The van der Waals surface area contributed by atoms with E-state index in [1.807, 2.05) is 30.3 Å². The first-order chi connectivity index (χ1) is 13.9. The lowest BCUT2D eigenvalue weighted by molar-refractivity contribution is -0.144. The van der Waals surface area contributed by atoms with Crippen LogP contribution < -0.4 is 5.73 Å². The van der Waals surface area contributed by atoms with Crippen LogP contribution in [-0.4, -0.2) is 33.7 Å². The van der Waals surface area contributed by atoms with E-state index in [1.165, 1.54) is 16.8 Å². The molecule has 0 bridgehead atoms. The third-order valence-electron chi connectivity index (χ3n) is 4.78. The van der Waals surface area contributed by atoms with E-state index in [4.69, 9.17) is 5.73 Å². The van der Waals surface area contributed by atoms with Crippen LogP contribution in [0.3, 0.4) is 0 Å². The Kier molecular flexibility index (Phi) is 6.66. The van der Waals surface area contributed by atoms with Gasteiger partial charge in [-0.3, -0.25) is 4.79 Å². The lowest BCUT2D eigenvalue weighted by Gasteiger charge is -2.36. The first-order valence-corrected chi connectivity index (χ1v) is 10.3. The van der Waals surface area contributed by atoms with Gasteiger partial charge in [0, 0.05) is 5.56 Å². The van der Waals surface area contributed by atoms with Crippen molar-refractivity contribution in [3.8, 4) is 0 Å². The maximum atomic E-state index is 14.4. The molecule has 0 fully saturated rings. The summed E-state index contributed by atoms with van der Waals surface area (Å²) in [6.07, 6.45) is -0.0369. The van der Waals surface area contributed by atoms with Crippen LogP contribution in [0.5, 0.6) is 0 Å². The van der Waals surface area contributed by atoms with Crippen molar-refractivity contribution in [2.24, 2.45) is 10.8 Å². The molecule has 8 heteroatoms. The number of benzene rings is 2. The highest BCUT2D eigenvalue weighted by Gasteiger charge is 2.49. The topological polar surface area (TPSA) is 78.9 Å². The predicted molar refractivity (Wildman–Crippen MR) is 110 cm³/mol. The number of aliphatic hydroxyl groups excluding tert-OH is 1. The molecule has 1 amide bonds. The molecule has 1 aliphatic rings. The normalized spacial score (nSPS) is 19.9. The van der Waals surface area contributed by atoms with Crippen LogP contribution in [0, 0.1) is 11.6 Å².